The molecule has 144 valence electrons. The quantitative estimate of drug-likeness (QED) is 0.519. The lowest BCUT2D eigenvalue weighted by molar-refractivity contribution is -0.119. The number of carbonyl (C=O) groups is 1. The van der Waals surface area contributed by atoms with Crippen molar-refractivity contribution >= 4 is 22.6 Å². The Balaban J connectivity index is 1.43. The van der Waals surface area contributed by atoms with Gasteiger partial charge in [-0.2, -0.15) is 0 Å². The molecular weight excluding hydrogens is 362 g/mol. The molecule has 0 N–H and O–H groups in total. The van der Waals surface area contributed by atoms with Crippen LogP contribution in [0.4, 0.5) is 5.69 Å². The third-order valence-electron chi connectivity index (χ3n) is 5.33. The van der Waals surface area contributed by atoms with Gasteiger partial charge in [0.1, 0.15) is 24.7 Å². The first-order chi connectivity index (χ1) is 14.3. The van der Waals surface area contributed by atoms with Gasteiger partial charge in [-0.25, -0.2) is 4.98 Å². The zero-order chi connectivity index (χ0) is 19.6. The second kappa shape index (κ2) is 7.43. The number of anilines is 1. The van der Waals surface area contributed by atoms with Crippen LogP contribution >= 0.6 is 0 Å². The SMILES string of the molecule is O=C(Cn1c(COc2ccccc2)nc2ccccc21)N1CCc2ccccc21. The molecule has 0 aliphatic carbocycles. The molecule has 29 heavy (non-hydrogen) atoms. The standard InChI is InChI=1S/C24H21N3O2/c28-24(26-15-14-18-8-4-6-12-21(18)26)16-27-22-13-7-5-11-20(22)25-23(27)17-29-19-9-2-1-3-10-19/h1-13H,14-17H2. The molecule has 0 saturated carbocycles. The van der Waals surface area contributed by atoms with E-state index in [-0.39, 0.29) is 12.5 Å². The lowest BCUT2D eigenvalue weighted by Crippen LogP contribution is -2.32. The summed E-state index contributed by atoms with van der Waals surface area (Å²) in [7, 11) is 0. The second-order valence-electron chi connectivity index (χ2n) is 7.13. The van der Waals surface area contributed by atoms with Crippen molar-refractivity contribution in [2.45, 2.75) is 19.6 Å². The van der Waals surface area contributed by atoms with Gasteiger partial charge in [0.05, 0.1) is 11.0 Å². The van der Waals surface area contributed by atoms with Crippen LogP contribution in [-0.2, 0) is 24.4 Å². The zero-order valence-corrected chi connectivity index (χ0v) is 16.0. The summed E-state index contributed by atoms with van der Waals surface area (Å²) in [6.45, 7) is 1.27. The molecule has 1 aliphatic rings. The third-order valence-corrected chi connectivity index (χ3v) is 5.33. The first-order valence-electron chi connectivity index (χ1n) is 9.80. The number of benzene rings is 3. The van der Waals surface area contributed by atoms with Gasteiger partial charge in [-0.05, 0) is 42.3 Å². The number of fused-ring (bicyclic) bond motifs is 2. The van der Waals surface area contributed by atoms with Crippen LogP contribution in [0, 0.1) is 0 Å². The minimum atomic E-state index is 0.0686. The number of hydrogen-bond acceptors (Lipinski definition) is 3. The van der Waals surface area contributed by atoms with Gasteiger partial charge in [-0.3, -0.25) is 4.79 Å². The number of hydrogen-bond donors (Lipinski definition) is 0. The fraction of sp³-hybridized carbons (Fsp3) is 0.167. The Hall–Kier alpha value is -3.60. The Bertz CT molecular complexity index is 1170. The van der Waals surface area contributed by atoms with E-state index in [0.29, 0.717) is 6.61 Å². The Morgan fingerprint density at radius 1 is 0.931 bits per heavy atom. The molecule has 0 radical (unpaired) electrons. The molecule has 1 aromatic heterocycles. The minimum absolute atomic E-state index is 0.0686. The van der Waals surface area contributed by atoms with Crippen LogP contribution in [0.2, 0.25) is 0 Å². The van der Waals surface area contributed by atoms with Crippen molar-refractivity contribution in [1.29, 1.82) is 0 Å². The Morgan fingerprint density at radius 2 is 1.69 bits per heavy atom. The molecular formula is C24H21N3O2. The minimum Gasteiger partial charge on any atom is -0.486 e. The molecule has 0 fully saturated rings. The molecule has 2 heterocycles. The molecule has 1 amide bonds. The van der Waals surface area contributed by atoms with Gasteiger partial charge in [-0.1, -0.05) is 48.5 Å². The molecule has 0 unspecified atom stereocenters. The monoisotopic (exact) mass is 383 g/mol. The van der Waals surface area contributed by atoms with Crippen molar-refractivity contribution in [3.8, 4) is 5.75 Å². The van der Waals surface area contributed by atoms with Crippen molar-refractivity contribution in [3.05, 3.63) is 90.3 Å². The normalized spacial score (nSPS) is 12.9. The summed E-state index contributed by atoms with van der Waals surface area (Å²) in [5.41, 5.74) is 4.06. The summed E-state index contributed by atoms with van der Waals surface area (Å²) in [4.78, 5) is 19.8. The highest BCUT2D eigenvalue weighted by atomic mass is 16.5. The van der Waals surface area contributed by atoms with Crippen LogP contribution < -0.4 is 9.64 Å². The van der Waals surface area contributed by atoms with E-state index in [1.165, 1.54) is 5.56 Å². The van der Waals surface area contributed by atoms with Crippen LogP contribution in [0.1, 0.15) is 11.4 Å². The number of amides is 1. The Morgan fingerprint density at radius 3 is 2.59 bits per heavy atom. The molecule has 5 rings (SSSR count). The molecule has 0 saturated heterocycles. The summed E-state index contributed by atoms with van der Waals surface area (Å²) in [5, 5.41) is 0. The summed E-state index contributed by atoms with van der Waals surface area (Å²) in [5.74, 6) is 1.60. The number of rotatable bonds is 5. The number of imidazole rings is 1. The van der Waals surface area contributed by atoms with Crippen LogP contribution in [0.15, 0.2) is 78.9 Å². The smallest absolute Gasteiger partial charge is 0.247 e. The van der Waals surface area contributed by atoms with E-state index >= 15 is 0 Å². The predicted molar refractivity (Wildman–Crippen MR) is 113 cm³/mol. The fourth-order valence-electron chi connectivity index (χ4n) is 3.89. The van der Waals surface area contributed by atoms with Crippen LogP contribution in [0.25, 0.3) is 11.0 Å². The Kier molecular flexibility index (Phi) is 4.48. The van der Waals surface area contributed by atoms with Crippen molar-refractivity contribution in [2.75, 3.05) is 11.4 Å². The van der Waals surface area contributed by atoms with E-state index < -0.39 is 0 Å². The van der Waals surface area contributed by atoms with Gasteiger partial charge in [-0.15, -0.1) is 0 Å². The van der Waals surface area contributed by atoms with Crippen molar-refractivity contribution in [3.63, 3.8) is 0 Å². The van der Waals surface area contributed by atoms with E-state index in [2.05, 4.69) is 6.07 Å². The molecule has 1 aliphatic heterocycles. The van der Waals surface area contributed by atoms with Crippen LogP contribution in [-0.4, -0.2) is 22.0 Å². The highest BCUT2D eigenvalue weighted by Crippen LogP contribution is 2.28. The number of para-hydroxylation sites is 4. The first kappa shape index (κ1) is 17.5. The van der Waals surface area contributed by atoms with E-state index in [9.17, 15) is 4.79 Å². The lowest BCUT2D eigenvalue weighted by atomic mass is 10.2. The van der Waals surface area contributed by atoms with E-state index in [1.54, 1.807) is 0 Å². The topological polar surface area (TPSA) is 47.4 Å². The molecule has 3 aromatic carbocycles. The predicted octanol–water partition coefficient (Wildman–Crippen LogP) is 4.20. The van der Waals surface area contributed by atoms with Crippen LogP contribution in [0.5, 0.6) is 5.75 Å². The average molecular weight is 383 g/mol. The van der Waals surface area contributed by atoms with E-state index in [4.69, 9.17) is 9.72 Å². The van der Waals surface area contributed by atoms with Crippen molar-refractivity contribution < 1.29 is 9.53 Å². The summed E-state index contributed by atoms with van der Waals surface area (Å²) in [6, 6.07) is 25.7. The largest absolute Gasteiger partial charge is 0.486 e. The highest BCUT2D eigenvalue weighted by Gasteiger charge is 2.25. The lowest BCUT2D eigenvalue weighted by Gasteiger charge is -2.19. The zero-order valence-electron chi connectivity index (χ0n) is 16.0. The van der Waals surface area contributed by atoms with E-state index in [0.717, 1.165) is 41.3 Å². The molecule has 0 spiro atoms. The van der Waals surface area contributed by atoms with Crippen molar-refractivity contribution in [2.24, 2.45) is 0 Å². The number of carbonyl (C=O) groups excluding carboxylic acids is 1. The van der Waals surface area contributed by atoms with Crippen LogP contribution in [0.3, 0.4) is 0 Å². The van der Waals surface area contributed by atoms with E-state index in [1.807, 2.05) is 82.3 Å². The number of aromatic nitrogens is 2. The van der Waals surface area contributed by atoms with Gasteiger partial charge in [0, 0.05) is 12.2 Å². The van der Waals surface area contributed by atoms with Gasteiger partial charge in [0.2, 0.25) is 5.91 Å². The number of nitrogens with zero attached hydrogens (tertiary/aromatic N) is 3. The third kappa shape index (κ3) is 3.36. The molecule has 0 atom stereocenters. The van der Waals surface area contributed by atoms with Gasteiger partial charge in [0.25, 0.3) is 0 Å². The maximum atomic E-state index is 13.2. The maximum absolute atomic E-state index is 13.2. The fourth-order valence-corrected chi connectivity index (χ4v) is 3.89. The Labute approximate surface area is 169 Å². The van der Waals surface area contributed by atoms with Gasteiger partial charge in [0.15, 0.2) is 0 Å². The molecule has 5 heteroatoms. The first-order valence-corrected chi connectivity index (χ1v) is 9.80. The summed E-state index contributed by atoms with van der Waals surface area (Å²) >= 11 is 0. The van der Waals surface area contributed by atoms with Gasteiger partial charge >= 0.3 is 0 Å². The average Bonchev–Trinajstić information content (AvgIpc) is 3.35. The summed E-state index contributed by atoms with van der Waals surface area (Å²) < 4.78 is 7.89. The molecule has 0 bridgehead atoms. The molecule has 4 aromatic rings. The van der Waals surface area contributed by atoms with Crippen molar-refractivity contribution in [1.82, 2.24) is 9.55 Å². The molecule has 5 nitrogen and oxygen atoms in total. The summed E-state index contributed by atoms with van der Waals surface area (Å²) in [6.07, 6.45) is 0.899. The number of ether oxygens (including phenoxy) is 1. The second-order valence-corrected chi connectivity index (χ2v) is 7.13. The highest BCUT2D eigenvalue weighted by molar-refractivity contribution is 5.96. The van der Waals surface area contributed by atoms with Gasteiger partial charge < -0.3 is 14.2 Å². The maximum Gasteiger partial charge on any atom is 0.247 e.